The molecule has 1 heterocycles. The van der Waals surface area contributed by atoms with Crippen molar-refractivity contribution >= 4 is 11.6 Å². The summed E-state index contributed by atoms with van der Waals surface area (Å²) in [6.07, 6.45) is 0. The summed E-state index contributed by atoms with van der Waals surface area (Å²) in [6, 6.07) is 18.3. The van der Waals surface area contributed by atoms with E-state index in [1.54, 1.807) is 0 Å². The first-order valence-electron chi connectivity index (χ1n) is 8.46. The Morgan fingerprint density at radius 3 is 2.33 bits per heavy atom. The van der Waals surface area contributed by atoms with E-state index in [-0.39, 0.29) is 5.91 Å². The van der Waals surface area contributed by atoms with Gasteiger partial charge in [-0.2, -0.15) is 0 Å². The Labute approximate surface area is 144 Å². The third kappa shape index (κ3) is 3.95. The number of piperazine rings is 1. The van der Waals surface area contributed by atoms with Crippen molar-refractivity contribution in [2.24, 2.45) is 0 Å². The SMILES string of the molecule is CN(C)Cc1cccc(N2CCN(C(=O)c3ccccc3)CC2)c1. The summed E-state index contributed by atoms with van der Waals surface area (Å²) in [6.45, 7) is 4.24. The number of nitrogens with zero attached hydrogens (tertiary/aromatic N) is 3. The molecule has 0 unspecified atom stereocenters. The first-order chi connectivity index (χ1) is 11.6. The van der Waals surface area contributed by atoms with Crippen LogP contribution in [0.4, 0.5) is 5.69 Å². The number of anilines is 1. The fourth-order valence-electron chi connectivity index (χ4n) is 3.15. The molecule has 0 bridgehead atoms. The van der Waals surface area contributed by atoms with Gasteiger partial charge in [-0.3, -0.25) is 4.79 Å². The standard InChI is InChI=1S/C20H25N3O/c1-21(2)16-17-7-6-10-19(15-17)22-11-13-23(14-12-22)20(24)18-8-4-3-5-9-18/h3-10,15H,11-14,16H2,1-2H3. The number of benzene rings is 2. The molecule has 0 spiro atoms. The van der Waals surface area contributed by atoms with Crippen LogP contribution in [0.15, 0.2) is 54.6 Å². The van der Waals surface area contributed by atoms with Gasteiger partial charge >= 0.3 is 0 Å². The molecule has 1 aliphatic heterocycles. The van der Waals surface area contributed by atoms with Gasteiger partial charge in [0.1, 0.15) is 0 Å². The minimum atomic E-state index is 0.136. The van der Waals surface area contributed by atoms with Crippen LogP contribution in [0.2, 0.25) is 0 Å². The maximum absolute atomic E-state index is 12.5. The van der Waals surface area contributed by atoms with Crippen LogP contribution in [0.1, 0.15) is 15.9 Å². The number of carbonyl (C=O) groups excluding carboxylic acids is 1. The Hall–Kier alpha value is -2.33. The van der Waals surface area contributed by atoms with Crippen LogP contribution in [-0.4, -0.2) is 56.0 Å². The second-order valence-electron chi connectivity index (χ2n) is 6.55. The van der Waals surface area contributed by atoms with E-state index in [2.05, 4.69) is 48.2 Å². The second kappa shape index (κ2) is 7.49. The number of amides is 1. The molecule has 4 heteroatoms. The van der Waals surface area contributed by atoms with Crippen LogP contribution < -0.4 is 4.90 Å². The highest BCUT2D eigenvalue weighted by Crippen LogP contribution is 2.19. The topological polar surface area (TPSA) is 26.8 Å². The fraction of sp³-hybridized carbons (Fsp3) is 0.350. The molecule has 1 saturated heterocycles. The van der Waals surface area contributed by atoms with E-state index < -0.39 is 0 Å². The van der Waals surface area contributed by atoms with Gasteiger partial charge in [0.2, 0.25) is 0 Å². The summed E-state index contributed by atoms with van der Waals surface area (Å²) < 4.78 is 0. The molecular weight excluding hydrogens is 298 g/mol. The molecular formula is C20H25N3O. The molecule has 3 rings (SSSR count). The highest BCUT2D eigenvalue weighted by molar-refractivity contribution is 5.94. The first kappa shape index (κ1) is 16.5. The summed E-state index contributed by atoms with van der Waals surface area (Å²) in [5, 5.41) is 0. The van der Waals surface area contributed by atoms with Crippen molar-refractivity contribution in [3.63, 3.8) is 0 Å². The molecule has 1 amide bonds. The lowest BCUT2D eigenvalue weighted by Crippen LogP contribution is -2.48. The number of hydrogen-bond donors (Lipinski definition) is 0. The summed E-state index contributed by atoms with van der Waals surface area (Å²) in [5.41, 5.74) is 3.35. The van der Waals surface area contributed by atoms with Gasteiger partial charge in [0, 0.05) is 44.0 Å². The lowest BCUT2D eigenvalue weighted by molar-refractivity contribution is 0.0747. The van der Waals surface area contributed by atoms with Crippen LogP contribution in [0.5, 0.6) is 0 Å². The van der Waals surface area contributed by atoms with Crippen molar-refractivity contribution in [1.82, 2.24) is 9.80 Å². The van der Waals surface area contributed by atoms with E-state index in [0.717, 1.165) is 38.3 Å². The van der Waals surface area contributed by atoms with Crippen molar-refractivity contribution in [1.29, 1.82) is 0 Å². The molecule has 24 heavy (non-hydrogen) atoms. The predicted octanol–water partition coefficient (Wildman–Crippen LogP) is 2.71. The normalized spacial score (nSPS) is 15.0. The lowest BCUT2D eigenvalue weighted by atomic mass is 10.1. The van der Waals surface area contributed by atoms with Crippen molar-refractivity contribution in [2.75, 3.05) is 45.2 Å². The zero-order valence-electron chi connectivity index (χ0n) is 14.5. The molecule has 1 aliphatic rings. The number of rotatable bonds is 4. The monoisotopic (exact) mass is 323 g/mol. The van der Waals surface area contributed by atoms with E-state index in [9.17, 15) is 4.79 Å². The molecule has 0 radical (unpaired) electrons. The van der Waals surface area contributed by atoms with Gasteiger partial charge in [-0.1, -0.05) is 30.3 Å². The van der Waals surface area contributed by atoms with E-state index >= 15 is 0 Å². The van der Waals surface area contributed by atoms with Gasteiger partial charge in [-0.05, 0) is 43.9 Å². The van der Waals surface area contributed by atoms with E-state index in [0.29, 0.717) is 0 Å². The molecule has 0 saturated carbocycles. The third-order valence-corrected chi connectivity index (χ3v) is 4.36. The minimum Gasteiger partial charge on any atom is -0.368 e. The lowest BCUT2D eigenvalue weighted by Gasteiger charge is -2.36. The highest BCUT2D eigenvalue weighted by atomic mass is 16.2. The quantitative estimate of drug-likeness (QED) is 0.865. The van der Waals surface area contributed by atoms with Crippen LogP contribution in [0.25, 0.3) is 0 Å². The first-order valence-corrected chi connectivity index (χ1v) is 8.46. The molecule has 2 aromatic carbocycles. The van der Waals surface area contributed by atoms with Gasteiger partial charge in [0.05, 0.1) is 0 Å². The molecule has 126 valence electrons. The Bertz CT molecular complexity index is 676. The summed E-state index contributed by atoms with van der Waals surface area (Å²) in [5.74, 6) is 0.136. The van der Waals surface area contributed by atoms with Crippen LogP contribution in [0, 0.1) is 0 Å². The Kier molecular flexibility index (Phi) is 5.16. The summed E-state index contributed by atoms with van der Waals surface area (Å²) in [4.78, 5) is 19.0. The molecule has 0 aliphatic carbocycles. The van der Waals surface area contributed by atoms with Gasteiger partial charge in [-0.25, -0.2) is 0 Å². The summed E-state index contributed by atoms with van der Waals surface area (Å²) in [7, 11) is 4.17. The van der Waals surface area contributed by atoms with Crippen LogP contribution in [0.3, 0.4) is 0 Å². The number of hydrogen-bond acceptors (Lipinski definition) is 3. The van der Waals surface area contributed by atoms with E-state index in [1.165, 1.54) is 11.3 Å². The maximum Gasteiger partial charge on any atom is 0.253 e. The maximum atomic E-state index is 12.5. The molecule has 1 fully saturated rings. The smallest absolute Gasteiger partial charge is 0.253 e. The van der Waals surface area contributed by atoms with Gasteiger partial charge in [-0.15, -0.1) is 0 Å². The Morgan fingerprint density at radius 1 is 0.958 bits per heavy atom. The second-order valence-corrected chi connectivity index (χ2v) is 6.55. The Morgan fingerprint density at radius 2 is 1.67 bits per heavy atom. The van der Waals surface area contributed by atoms with E-state index in [4.69, 9.17) is 0 Å². The summed E-state index contributed by atoms with van der Waals surface area (Å²) >= 11 is 0. The van der Waals surface area contributed by atoms with E-state index in [1.807, 2.05) is 35.2 Å². The van der Waals surface area contributed by atoms with Gasteiger partial charge in [0.25, 0.3) is 5.91 Å². The molecule has 0 aromatic heterocycles. The largest absolute Gasteiger partial charge is 0.368 e. The highest BCUT2D eigenvalue weighted by Gasteiger charge is 2.22. The average molecular weight is 323 g/mol. The molecule has 2 aromatic rings. The predicted molar refractivity (Wildman–Crippen MR) is 98.4 cm³/mol. The van der Waals surface area contributed by atoms with Crippen molar-refractivity contribution in [3.8, 4) is 0 Å². The third-order valence-electron chi connectivity index (χ3n) is 4.36. The zero-order chi connectivity index (χ0) is 16.9. The van der Waals surface area contributed by atoms with Crippen molar-refractivity contribution in [2.45, 2.75) is 6.54 Å². The number of carbonyl (C=O) groups is 1. The van der Waals surface area contributed by atoms with Crippen LogP contribution in [-0.2, 0) is 6.54 Å². The van der Waals surface area contributed by atoms with Crippen molar-refractivity contribution < 1.29 is 4.79 Å². The molecule has 4 nitrogen and oxygen atoms in total. The molecule has 0 atom stereocenters. The zero-order valence-corrected chi connectivity index (χ0v) is 14.5. The minimum absolute atomic E-state index is 0.136. The Balaban J connectivity index is 1.62. The fourth-order valence-corrected chi connectivity index (χ4v) is 3.15. The van der Waals surface area contributed by atoms with Crippen molar-refractivity contribution in [3.05, 3.63) is 65.7 Å². The van der Waals surface area contributed by atoms with Gasteiger partial charge in [0.15, 0.2) is 0 Å². The van der Waals surface area contributed by atoms with Gasteiger partial charge < -0.3 is 14.7 Å². The van der Waals surface area contributed by atoms with Crippen LogP contribution >= 0.6 is 0 Å². The average Bonchev–Trinajstić information content (AvgIpc) is 2.62. The molecule has 0 N–H and O–H groups in total.